The third-order valence-electron chi connectivity index (χ3n) is 6.58. The third-order valence-corrected chi connectivity index (χ3v) is 10.6. The Kier molecular flexibility index (Phi) is 6.37. The van der Waals surface area contributed by atoms with Crippen LogP contribution in [-0.2, 0) is 14.3 Å². The van der Waals surface area contributed by atoms with Crippen LogP contribution in [0.3, 0.4) is 0 Å². The molecule has 1 unspecified atom stereocenters. The molecule has 3 rings (SSSR count). The molecule has 2 aliphatic carbocycles. The van der Waals surface area contributed by atoms with E-state index in [4.69, 9.17) is 4.74 Å². The summed E-state index contributed by atoms with van der Waals surface area (Å²) in [5, 5.41) is 12.0. The minimum absolute atomic E-state index is 0.0301. The molecule has 3 fully saturated rings. The standard InChI is InChI=1S/C20H30N2O3S2/c1-13(2)19(3,12-21)22-17(23)11-25-18(24)14-9-15-5-4-6-16(10-14)20(15)26-7-8-27-20/h13-16H,4-11H2,1-3H3,(H,22,23)/t14?,15-,16+,19-/m0/s1. The van der Waals surface area contributed by atoms with Crippen LogP contribution in [0.5, 0.6) is 0 Å². The highest BCUT2D eigenvalue weighted by Crippen LogP contribution is 2.64. The van der Waals surface area contributed by atoms with Crippen molar-refractivity contribution in [2.45, 2.75) is 62.5 Å². The molecule has 0 radical (unpaired) electrons. The van der Waals surface area contributed by atoms with Gasteiger partial charge in [0.25, 0.3) is 5.91 Å². The van der Waals surface area contributed by atoms with Crippen molar-refractivity contribution in [2.75, 3.05) is 18.1 Å². The van der Waals surface area contributed by atoms with E-state index in [1.807, 2.05) is 13.8 Å². The largest absolute Gasteiger partial charge is 0.455 e. The van der Waals surface area contributed by atoms with Crippen LogP contribution in [-0.4, -0.2) is 39.6 Å². The van der Waals surface area contributed by atoms with Crippen molar-refractivity contribution in [1.82, 2.24) is 5.32 Å². The molecule has 1 N–H and O–H groups in total. The maximum atomic E-state index is 12.6. The van der Waals surface area contributed by atoms with Gasteiger partial charge in [-0.05, 0) is 50.4 Å². The van der Waals surface area contributed by atoms with Crippen LogP contribution < -0.4 is 5.32 Å². The number of ether oxygens (including phenoxy) is 1. The van der Waals surface area contributed by atoms with E-state index in [9.17, 15) is 14.9 Å². The first-order valence-corrected chi connectivity index (χ1v) is 11.9. The highest BCUT2D eigenvalue weighted by molar-refractivity contribution is 8.21. The molecule has 1 amide bonds. The van der Waals surface area contributed by atoms with Gasteiger partial charge in [-0.25, -0.2) is 0 Å². The molecule has 1 saturated heterocycles. The lowest BCUT2D eigenvalue weighted by Crippen LogP contribution is -2.50. The highest BCUT2D eigenvalue weighted by atomic mass is 32.2. The van der Waals surface area contributed by atoms with Gasteiger partial charge in [0.2, 0.25) is 0 Å². The summed E-state index contributed by atoms with van der Waals surface area (Å²) in [4.78, 5) is 24.8. The second-order valence-electron chi connectivity index (χ2n) is 8.54. The Labute approximate surface area is 170 Å². The summed E-state index contributed by atoms with van der Waals surface area (Å²) in [5.74, 6) is 2.84. The molecule has 2 saturated carbocycles. The Balaban J connectivity index is 1.54. The number of hydrogen-bond donors (Lipinski definition) is 1. The summed E-state index contributed by atoms with van der Waals surface area (Å²) >= 11 is 4.23. The third kappa shape index (κ3) is 4.12. The minimum atomic E-state index is -0.950. The number of nitriles is 1. The zero-order valence-electron chi connectivity index (χ0n) is 16.5. The summed E-state index contributed by atoms with van der Waals surface area (Å²) in [6, 6.07) is 2.14. The van der Waals surface area contributed by atoms with Gasteiger partial charge in [-0.1, -0.05) is 20.3 Å². The second-order valence-corrected chi connectivity index (χ2v) is 11.5. The monoisotopic (exact) mass is 410 g/mol. The van der Waals surface area contributed by atoms with Gasteiger partial charge in [-0.3, -0.25) is 9.59 Å². The predicted octanol–water partition coefficient (Wildman–Crippen LogP) is 3.59. The van der Waals surface area contributed by atoms with E-state index < -0.39 is 11.4 Å². The lowest BCUT2D eigenvalue weighted by atomic mass is 9.67. The Morgan fingerprint density at radius 3 is 2.37 bits per heavy atom. The molecule has 0 aromatic heterocycles. The van der Waals surface area contributed by atoms with E-state index in [0.29, 0.717) is 15.9 Å². The minimum Gasteiger partial charge on any atom is -0.455 e. The molecule has 2 bridgehead atoms. The maximum absolute atomic E-state index is 12.6. The van der Waals surface area contributed by atoms with Crippen molar-refractivity contribution < 1.29 is 14.3 Å². The van der Waals surface area contributed by atoms with E-state index in [1.54, 1.807) is 6.92 Å². The van der Waals surface area contributed by atoms with Crippen LogP contribution in [0.15, 0.2) is 0 Å². The molecule has 5 nitrogen and oxygen atoms in total. The number of carbonyl (C=O) groups is 2. The fraction of sp³-hybridized carbons (Fsp3) is 0.850. The second kappa shape index (κ2) is 8.24. The van der Waals surface area contributed by atoms with Crippen LogP contribution in [0, 0.1) is 35.0 Å². The number of thioether (sulfide) groups is 2. The Morgan fingerprint density at radius 1 is 1.26 bits per heavy atom. The molecule has 4 atom stereocenters. The molecule has 150 valence electrons. The number of nitrogens with one attached hydrogen (secondary N) is 1. The molecule has 3 aliphatic rings. The lowest BCUT2D eigenvalue weighted by Gasteiger charge is -2.51. The number of carbonyl (C=O) groups excluding carboxylic acids is 2. The van der Waals surface area contributed by atoms with E-state index in [2.05, 4.69) is 34.9 Å². The first-order chi connectivity index (χ1) is 12.8. The van der Waals surface area contributed by atoms with E-state index in [1.165, 1.54) is 30.8 Å². The van der Waals surface area contributed by atoms with Gasteiger partial charge in [0.15, 0.2) is 6.61 Å². The average Bonchev–Trinajstić information content (AvgIpc) is 3.08. The van der Waals surface area contributed by atoms with Gasteiger partial charge in [-0.15, -0.1) is 23.5 Å². The molecule has 1 aliphatic heterocycles. The SMILES string of the molecule is CC(C)[C@](C)(C#N)NC(=O)COC(=O)C1C[C@H]2CCC[C@@H](C1)C21SCCS1. The molecule has 1 spiro atoms. The van der Waals surface area contributed by atoms with E-state index in [-0.39, 0.29) is 24.4 Å². The summed E-state index contributed by atoms with van der Waals surface area (Å²) in [6.07, 6.45) is 5.45. The summed E-state index contributed by atoms with van der Waals surface area (Å²) in [6.45, 7) is 5.15. The summed E-state index contributed by atoms with van der Waals surface area (Å²) in [5.41, 5.74) is -0.950. The van der Waals surface area contributed by atoms with Gasteiger partial charge in [0.1, 0.15) is 5.54 Å². The Morgan fingerprint density at radius 2 is 1.85 bits per heavy atom. The smallest absolute Gasteiger partial charge is 0.309 e. The number of rotatable bonds is 5. The van der Waals surface area contributed by atoms with Crippen LogP contribution in [0.1, 0.15) is 52.9 Å². The first kappa shape index (κ1) is 20.9. The highest BCUT2D eigenvalue weighted by Gasteiger charge is 2.55. The van der Waals surface area contributed by atoms with Crippen LogP contribution in [0.4, 0.5) is 0 Å². The van der Waals surface area contributed by atoms with Gasteiger partial charge in [0.05, 0.1) is 16.1 Å². The number of amides is 1. The molecule has 7 heteroatoms. The Hall–Kier alpha value is -0.870. The van der Waals surface area contributed by atoms with Crippen molar-refractivity contribution in [3.05, 3.63) is 0 Å². The number of nitrogens with zero attached hydrogens (tertiary/aromatic N) is 1. The zero-order valence-corrected chi connectivity index (χ0v) is 18.1. The fourth-order valence-corrected chi connectivity index (χ4v) is 8.62. The molecule has 0 aromatic rings. The van der Waals surface area contributed by atoms with Crippen LogP contribution in [0.25, 0.3) is 0 Å². The van der Waals surface area contributed by atoms with Crippen LogP contribution >= 0.6 is 23.5 Å². The van der Waals surface area contributed by atoms with Crippen molar-refractivity contribution in [3.8, 4) is 6.07 Å². The average molecular weight is 411 g/mol. The van der Waals surface area contributed by atoms with Crippen molar-refractivity contribution in [1.29, 1.82) is 5.26 Å². The fourth-order valence-electron chi connectivity index (χ4n) is 4.68. The van der Waals surface area contributed by atoms with Gasteiger partial charge in [0, 0.05) is 11.5 Å². The van der Waals surface area contributed by atoms with Gasteiger partial charge >= 0.3 is 5.97 Å². The van der Waals surface area contributed by atoms with Gasteiger partial charge < -0.3 is 10.1 Å². The maximum Gasteiger partial charge on any atom is 0.309 e. The predicted molar refractivity (Wildman–Crippen MR) is 109 cm³/mol. The van der Waals surface area contributed by atoms with E-state index in [0.717, 1.165) is 12.8 Å². The summed E-state index contributed by atoms with van der Waals surface area (Å²) in [7, 11) is 0. The topological polar surface area (TPSA) is 79.2 Å². The molecule has 1 heterocycles. The van der Waals surface area contributed by atoms with Crippen molar-refractivity contribution in [2.24, 2.45) is 23.7 Å². The lowest BCUT2D eigenvalue weighted by molar-refractivity contribution is -0.155. The number of hydrogen-bond acceptors (Lipinski definition) is 6. The van der Waals surface area contributed by atoms with Crippen LogP contribution in [0.2, 0.25) is 0 Å². The quantitative estimate of drug-likeness (QED) is 0.698. The molecule has 27 heavy (non-hydrogen) atoms. The van der Waals surface area contributed by atoms with E-state index >= 15 is 0 Å². The Bertz CT molecular complexity index is 611. The van der Waals surface area contributed by atoms with Crippen molar-refractivity contribution in [3.63, 3.8) is 0 Å². The number of esters is 1. The molecule has 0 aromatic carbocycles. The molecular formula is C20H30N2O3S2. The first-order valence-electron chi connectivity index (χ1n) is 9.97. The van der Waals surface area contributed by atoms with Gasteiger partial charge in [-0.2, -0.15) is 5.26 Å². The normalized spacial score (nSPS) is 31.1. The summed E-state index contributed by atoms with van der Waals surface area (Å²) < 4.78 is 5.69. The van der Waals surface area contributed by atoms with Crippen molar-refractivity contribution >= 4 is 35.4 Å². The zero-order chi connectivity index (χ0) is 19.7. The molecular weight excluding hydrogens is 380 g/mol.